The molecule has 0 unspecified atom stereocenters. The first-order valence-electron chi connectivity index (χ1n) is 6.20. The lowest BCUT2D eigenvalue weighted by Crippen LogP contribution is -2.22. The number of nitrogens with one attached hydrogen (secondary N) is 1. The SMILES string of the molecule is CC(=O)NCn1cc(-c2ccc(N(C)C)cc2)c(=O)o1. The van der Waals surface area contributed by atoms with E-state index >= 15 is 0 Å². The fourth-order valence-electron chi connectivity index (χ4n) is 1.78. The second kappa shape index (κ2) is 5.64. The maximum absolute atomic E-state index is 11.8. The Labute approximate surface area is 116 Å². The van der Waals surface area contributed by atoms with Gasteiger partial charge in [-0.2, -0.15) is 4.74 Å². The van der Waals surface area contributed by atoms with Gasteiger partial charge in [-0.15, -0.1) is 0 Å². The Bertz CT molecular complexity index is 653. The molecule has 6 nitrogen and oxygen atoms in total. The van der Waals surface area contributed by atoms with Crippen LogP contribution in [0.25, 0.3) is 11.1 Å². The zero-order valence-corrected chi connectivity index (χ0v) is 11.7. The topological polar surface area (TPSA) is 67.5 Å². The van der Waals surface area contributed by atoms with Gasteiger partial charge in [0.15, 0.2) is 0 Å². The van der Waals surface area contributed by atoms with Crippen LogP contribution in [0.5, 0.6) is 0 Å². The summed E-state index contributed by atoms with van der Waals surface area (Å²) >= 11 is 0. The molecule has 0 bridgehead atoms. The van der Waals surface area contributed by atoms with Gasteiger partial charge in [0.2, 0.25) is 5.91 Å². The second-order valence-corrected chi connectivity index (χ2v) is 4.67. The van der Waals surface area contributed by atoms with E-state index in [1.54, 1.807) is 6.20 Å². The third-order valence-electron chi connectivity index (χ3n) is 2.87. The normalized spacial score (nSPS) is 10.3. The lowest BCUT2D eigenvalue weighted by atomic mass is 10.1. The number of aromatic nitrogens is 1. The first kappa shape index (κ1) is 13.9. The summed E-state index contributed by atoms with van der Waals surface area (Å²) < 4.78 is 6.34. The lowest BCUT2D eigenvalue weighted by Gasteiger charge is -2.11. The number of benzene rings is 1. The molecule has 0 aliphatic heterocycles. The smallest absolute Gasteiger partial charge is 0.365 e. The van der Waals surface area contributed by atoms with Gasteiger partial charge in [0.05, 0.1) is 11.8 Å². The number of carbonyl (C=O) groups excluding carboxylic acids is 1. The molecule has 6 heteroatoms. The molecule has 20 heavy (non-hydrogen) atoms. The maximum atomic E-state index is 11.8. The van der Waals surface area contributed by atoms with Gasteiger partial charge in [-0.25, -0.2) is 4.79 Å². The highest BCUT2D eigenvalue weighted by Gasteiger charge is 2.09. The van der Waals surface area contributed by atoms with Gasteiger partial charge in [-0.3, -0.25) is 4.79 Å². The molecule has 0 aliphatic rings. The zero-order valence-electron chi connectivity index (χ0n) is 11.7. The lowest BCUT2D eigenvalue weighted by molar-refractivity contribution is -0.119. The highest BCUT2D eigenvalue weighted by molar-refractivity contribution is 5.72. The van der Waals surface area contributed by atoms with E-state index in [0.717, 1.165) is 11.3 Å². The molecule has 2 rings (SSSR count). The summed E-state index contributed by atoms with van der Waals surface area (Å²) in [6.45, 7) is 1.54. The molecule has 0 atom stereocenters. The Kier molecular flexibility index (Phi) is 3.93. The molecule has 0 radical (unpaired) electrons. The van der Waals surface area contributed by atoms with Crippen molar-refractivity contribution in [2.24, 2.45) is 0 Å². The Hall–Kier alpha value is -2.50. The molecule has 2 aromatic rings. The van der Waals surface area contributed by atoms with Gasteiger partial charge in [0.1, 0.15) is 6.67 Å². The number of hydrogen-bond donors (Lipinski definition) is 1. The van der Waals surface area contributed by atoms with Crippen LogP contribution in [0.4, 0.5) is 5.69 Å². The molecular weight excluding hydrogens is 258 g/mol. The molecule has 0 saturated carbocycles. The average Bonchev–Trinajstić information content (AvgIpc) is 2.78. The van der Waals surface area contributed by atoms with Gasteiger partial charge in [0.25, 0.3) is 0 Å². The van der Waals surface area contributed by atoms with Crippen LogP contribution in [0.2, 0.25) is 0 Å². The van der Waals surface area contributed by atoms with Crippen LogP contribution >= 0.6 is 0 Å². The standard InChI is InChI=1S/C14H17N3O3/c1-10(18)15-9-17-8-13(14(19)20-17)11-4-6-12(7-5-11)16(2)3/h4-8H,9H2,1-3H3,(H,15,18). The largest absolute Gasteiger partial charge is 0.378 e. The van der Waals surface area contributed by atoms with E-state index in [0.29, 0.717) is 5.56 Å². The van der Waals surface area contributed by atoms with E-state index in [-0.39, 0.29) is 12.6 Å². The minimum Gasteiger partial charge on any atom is -0.378 e. The van der Waals surface area contributed by atoms with Crippen molar-refractivity contribution >= 4 is 11.6 Å². The number of hydrogen-bond acceptors (Lipinski definition) is 4. The first-order valence-corrected chi connectivity index (χ1v) is 6.20. The monoisotopic (exact) mass is 275 g/mol. The molecule has 0 saturated heterocycles. The third kappa shape index (κ3) is 3.09. The van der Waals surface area contributed by atoms with Gasteiger partial charge < -0.3 is 14.7 Å². The fraction of sp³-hybridized carbons (Fsp3) is 0.286. The van der Waals surface area contributed by atoms with E-state index < -0.39 is 5.63 Å². The van der Waals surface area contributed by atoms with Crippen molar-refractivity contribution in [1.29, 1.82) is 0 Å². The molecule has 106 valence electrons. The van der Waals surface area contributed by atoms with Crippen molar-refractivity contribution in [1.82, 2.24) is 10.1 Å². The van der Waals surface area contributed by atoms with Gasteiger partial charge >= 0.3 is 5.63 Å². The number of amides is 1. The fourth-order valence-corrected chi connectivity index (χ4v) is 1.78. The molecule has 1 heterocycles. The van der Waals surface area contributed by atoms with E-state index in [1.165, 1.54) is 11.7 Å². The Morgan fingerprint density at radius 3 is 2.50 bits per heavy atom. The predicted octanol–water partition coefficient (Wildman–Crippen LogP) is 1.27. The summed E-state index contributed by atoms with van der Waals surface area (Å²) in [6.07, 6.45) is 1.59. The van der Waals surface area contributed by atoms with Gasteiger partial charge in [-0.1, -0.05) is 12.1 Å². The molecule has 0 aliphatic carbocycles. The number of nitrogens with zero attached hydrogens (tertiary/aromatic N) is 2. The summed E-state index contributed by atoms with van der Waals surface area (Å²) in [6, 6.07) is 7.59. The van der Waals surface area contributed by atoms with Crippen molar-refractivity contribution in [3.63, 3.8) is 0 Å². The summed E-state index contributed by atoms with van der Waals surface area (Å²) in [4.78, 5) is 24.6. The summed E-state index contributed by atoms with van der Waals surface area (Å²) in [5, 5.41) is 2.56. The molecule has 1 amide bonds. The van der Waals surface area contributed by atoms with Crippen molar-refractivity contribution < 1.29 is 9.32 Å². The molecule has 1 aromatic carbocycles. The Balaban J connectivity index is 2.24. The van der Waals surface area contributed by atoms with Crippen molar-refractivity contribution in [3.8, 4) is 11.1 Å². The average molecular weight is 275 g/mol. The molecule has 0 spiro atoms. The maximum Gasteiger partial charge on any atom is 0.365 e. The Morgan fingerprint density at radius 2 is 1.95 bits per heavy atom. The van der Waals surface area contributed by atoms with E-state index in [2.05, 4.69) is 5.32 Å². The van der Waals surface area contributed by atoms with Crippen molar-refractivity contribution in [3.05, 3.63) is 40.9 Å². The summed E-state index contributed by atoms with van der Waals surface area (Å²) in [7, 11) is 3.90. The van der Waals surface area contributed by atoms with Crippen LogP contribution in [-0.4, -0.2) is 24.7 Å². The van der Waals surface area contributed by atoms with Crippen molar-refractivity contribution in [2.45, 2.75) is 13.6 Å². The second-order valence-electron chi connectivity index (χ2n) is 4.67. The highest BCUT2D eigenvalue weighted by atomic mass is 16.5. The minimum absolute atomic E-state index is 0.139. The summed E-state index contributed by atoms with van der Waals surface area (Å²) in [5.41, 5.74) is 1.88. The molecule has 1 aromatic heterocycles. The van der Waals surface area contributed by atoms with Crippen LogP contribution in [-0.2, 0) is 11.5 Å². The van der Waals surface area contributed by atoms with Crippen LogP contribution in [0, 0.1) is 0 Å². The van der Waals surface area contributed by atoms with Crippen LogP contribution in [0.15, 0.2) is 39.8 Å². The summed E-state index contributed by atoms with van der Waals surface area (Å²) in [5.74, 6) is -0.182. The highest BCUT2D eigenvalue weighted by Crippen LogP contribution is 2.19. The van der Waals surface area contributed by atoms with Crippen LogP contribution in [0.1, 0.15) is 6.92 Å². The zero-order chi connectivity index (χ0) is 14.7. The third-order valence-corrected chi connectivity index (χ3v) is 2.87. The molecular formula is C14H17N3O3. The predicted molar refractivity (Wildman–Crippen MR) is 76.5 cm³/mol. The van der Waals surface area contributed by atoms with Crippen molar-refractivity contribution in [2.75, 3.05) is 19.0 Å². The number of rotatable bonds is 4. The van der Waals surface area contributed by atoms with Gasteiger partial charge in [0, 0.05) is 26.7 Å². The van der Waals surface area contributed by atoms with Gasteiger partial charge in [-0.05, 0) is 17.7 Å². The first-order chi connectivity index (χ1) is 9.47. The number of carbonyl (C=O) groups is 1. The quantitative estimate of drug-likeness (QED) is 0.912. The minimum atomic E-state index is -0.423. The van der Waals surface area contributed by atoms with Crippen LogP contribution < -0.4 is 15.8 Å². The molecule has 1 N–H and O–H groups in total. The van der Waals surface area contributed by atoms with E-state index in [9.17, 15) is 9.59 Å². The van der Waals surface area contributed by atoms with E-state index in [1.807, 2.05) is 43.3 Å². The van der Waals surface area contributed by atoms with E-state index in [4.69, 9.17) is 4.52 Å². The number of anilines is 1. The Morgan fingerprint density at radius 1 is 1.30 bits per heavy atom. The van der Waals surface area contributed by atoms with Crippen LogP contribution in [0.3, 0.4) is 0 Å². The molecule has 0 fully saturated rings.